The average molecular weight is 257 g/mol. The van der Waals surface area contributed by atoms with Crippen molar-refractivity contribution in [3.63, 3.8) is 0 Å². The highest BCUT2D eigenvalue weighted by Gasteiger charge is 2.19. The summed E-state index contributed by atoms with van der Waals surface area (Å²) in [6.45, 7) is 1.96. The van der Waals surface area contributed by atoms with Crippen molar-refractivity contribution in [2.45, 2.75) is 11.8 Å². The first-order chi connectivity index (χ1) is 7.63. The molecule has 84 valence electrons. The second-order valence-electron chi connectivity index (χ2n) is 3.14. The Morgan fingerprint density at radius 3 is 2.94 bits per heavy atom. The van der Waals surface area contributed by atoms with Gasteiger partial charge in [-0.15, -0.1) is 11.8 Å². The molecule has 0 radical (unpaired) electrons. The van der Waals surface area contributed by atoms with Crippen LogP contribution in [0, 0.1) is 0 Å². The van der Waals surface area contributed by atoms with Gasteiger partial charge in [-0.1, -0.05) is 18.5 Å². The number of carboxylic acid groups (broad SMARTS) is 1. The summed E-state index contributed by atoms with van der Waals surface area (Å²) < 4.78 is 5.29. The number of carboxylic acids is 1. The third kappa shape index (κ3) is 1.90. The Balaban J connectivity index is 2.71. The number of halogens is 1. The van der Waals surface area contributed by atoms with Crippen LogP contribution in [0.1, 0.15) is 17.5 Å². The summed E-state index contributed by atoms with van der Waals surface area (Å²) in [5.74, 6) is -0.283. The normalized spacial score (nSPS) is 10.9. The molecule has 0 unspecified atom stereocenters. The minimum Gasteiger partial charge on any atom is -0.475 e. The van der Waals surface area contributed by atoms with Gasteiger partial charge in [0.25, 0.3) is 0 Å². The monoisotopic (exact) mass is 256 g/mol. The SMILES string of the molecule is CCSc1c(C(=O)O)oc2ccc(Cl)cc12. The highest BCUT2D eigenvalue weighted by molar-refractivity contribution is 7.99. The molecule has 1 heterocycles. The maximum atomic E-state index is 11.0. The van der Waals surface area contributed by atoms with Crippen LogP contribution < -0.4 is 0 Å². The zero-order valence-electron chi connectivity index (χ0n) is 8.49. The van der Waals surface area contributed by atoms with Crippen LogP contribution in [0.25, 0.3) is 11.0 Å². The van der Waals surface area contributed by atoms with E-state index in [-0.39, 0.29) is 5.76 Å². The van der Waals surface area contributed by atoms with Gasteiger partial charge in [0.2, 0.25) is 5.76 Å². The Hall–Kier alpha value is -1.13. The zero-order valence-corrected chi connectivity index (χ0v) is 10.1. The summed E-state index contributed by atoms with van der Waals surface area (Å²) in [5.41, 5.74) is 0.553. The quantitative estimate of drug-likeness (QED) is 0.847. The maximum absolute atomic E-state index is 11.0. The molecule has 1 aromatic carbocycles. The number of furan rings is 1. The smallest absolute Gasteiger partial charge is 0.373 e. The molecule has 0 saturated carbocycles. The van der Waals surface area contributed by atoms with Gasteiger partial charge in [0.15, 0.2) is 0 Å². The summed E-state index contributed by atoms with van der Waals surface area (Å²) in [7, 11) is 0. The molecule has 0 aliphatic carbocycles. The van der Waals surface area contributed by atoms with Gasteiger partial charge in [0, 0.05) is 10.4 Å². The fourth-order valence-corrected chi connectivity index (χ4v) is 2.51. The minimum atomic E-state index is -1.05. The molecule has 2 rings (SSSR count). The second-order valence-corrected chi connectivity index (χ2v) is 4.85. The van der Waals surface area contributed by atoms with Crippen LogP contribution in [0.4, 0.5) is 0 Å². The molecule has 0 spiro atoms. The second kappa shape index (κ2) is 4.39. The summed E-state index contributed by atoms with van der Waals surface area (Å²) in [6.07, 6.45) is 0. The minimum absolute atomic E-state index is 0.0101. The number of benzene rings is 1. The molecule has 2 aromatic rings. The van der Waals surface area contributed by atoms with E-state index in [0.29, 0.717) is 15.5 Å². The molecule has 0 bridgehead atoms. The lowest BCUT2D eigenvalue weighted by atomic mass is 10.2. The lowest BCUT2D eigenvalue weighted by Gasteiger charge is -1.96. The number of rotatable bonds is 3. The van der Waals surface area contributed by atoms with Crippen LogP contribution in [0.3, 0.4) is 0 Å². The van der Waals surface area contributed by atoms with E-state index in [1.165, 1.54) is 11.8 Å². The Kier molecular flexibility index (Phi) is 3.12. The third-order valence-corrected chi connectivity index (χ3v) is 3.31. The van der Waals surface area contributed by atoms with E-state index < -0.39 is 5.97 Å². The van der Waals surface area contributed by atoms with E-state index in [1.54, 1.807) is 18.2 Å². The van der Waals surface area contributed by atoms with Crippen LogP contribution >= 0.6 is 23.4 Å². The molecule has 5 heteroatoms. The van der Waals surface area contributed by atoms with E-state index in [0.717, 1.165) is 11.1 Å². The van der Waals surface area contributed by atoms with Crippen molar-refractivity contribution in [2.75, 3.05) is 5.75 Å². The average Bonchev–Trinajstić information content (AvgIpc) is 2.58. The molecule has 0 aliphatic rings. The fourth-order valence-electron chi connectivity index (χ4n) is 1.48. The van der Waals surface area contributed by atoms with Crippen LogP contribution in [0.15, 0.2) is 27.5 Å². The molecule has 1 N–H and O–H groups in total. The van der Waals surface area contributed by atoms with E-state index in [9.17, 15) is 4.79 Å². The van der Waals surface area contributed by atoms with E-state index >= 15 is 0 Å². The Morgan fingerprint density at radius 2 is 2.31 bits per heavy atom. The standard InChI is InChI=1S/C11H9ClO3S/c1-2-16-10-7-5-6(12)3-4-8(7)15-9(10)11(13)14/h3-5H,2H2,1H3,(H,13,14). The third-order valence-electron chi connectivity index (χ3n) is 2.09. The molecular formula is C11H9ClO3S. The summed E-state index contributed by atoms with van der Waals surface area (Å²) >= 11 is 7.32. The van der Waals surface area contributed by atoms with Crippen LogP contribution in [0.2, 0.25) is 5.02 Å². The largest absolute Gasteiger partial charge is 0.475 e. The first-order valence-electron chi connectivity index (χ1n) is 4.71. The summed E-state index contributed by atoms with van der Waals surface area (Å²) in [4.78, 5) is 11.7. The number of aromatic carboxylic acids is 1. The van der Waals surface area contributed by atoms with Gasteiger partial charge >= 0.3 is 5.97 Å². The van der Waals surface area contributed by atoms with E-state index in [2.05, 4.69) is 0 Å². The van der Waals surface area contributed by atoms with Crippen LogP contribution in [-0.4, -0.2) is 16.8 Å². The van der Waals surface area contributed by atoms with Crippen LogP contribution in [0.5, 0.6) is 0 Å². The predicted octanol–water partition coefficient (Wildman–Crippen LogP) is 3.90. The Morgan fingerprint density at radius 1 is 1.56 bits per heavy atom. The molecule has 1 aromatic heterocycles. The van der Waals surface area contributed by atoms with Gasteiger partial charge < -0.3 is 9.52 Å². The molecule has 0 aliphatic heterocycles. The van der Waals surface area contributed by atoms with Crippen molar-refractivity contribution in [3.8, 4) is 0 Å². The van der Waals surface area contributed by atoms with Gasteiger partial charge in [0.05, 0.1) is 4.90 Å². The predicted molar refractivity (Wildman–Crippen MR) is 64.6 cm³/mol. The van der Waals surface area contributed by atoms with Gasteiger partial charge in [-0.2, -0.15) is 0 Å². The van der Waals surface area contributed by atoms with Gasteiger partial charge in [-0.25, -0.2) is 4.79 Å². The van der Waals surface area contributed by atoms with Crippen molar-refractivity contribution in [2.24, 2.45) is 0 Å². The molecular weight excluding hydrogens is 248 g/mol. The maximum Gasteiger partial charge on any atom is 0.373 e. The Labute approximate surface area is 101 Å². The molecule has 0 amide bonds. The van der Waals surface area contributed by atoms with E-state index in [4.69, 9.17) is 21.1 Å². The lowest BCUT2D eigenvalue weighted by Crippen LogP contribution is -1.95. The number of fused-ring (bicyclic) bond motifs is 1. The highest BCUT2D eigenvalue weighted by atomic mass is 35.5. The molecule has 0 atom stereocenters. The van der Waals surface area contributed by atoms with Crippen LogP contribution in [-0.2, 0) is 0 Å². The van der Waals surface area contributed by atoms with Gasteiger partial charge in [0.1, 0.15) is 5.58 Å². The number of carbonyl (C=O) groups is 1. The first-order valence-corrected chi connectivity index (χ1v) is 6.08. The fraction of sp³-hybridized carbons (Fsp3) is 0.182. The summed E-state index contributed by atoms with van der Waals surface area (Å²) in [6, 6.07) is 5.09. The molecule has 0 fully saturated rings. The van der Waals surface area contributed by atoms with Crippen molar-refractivity contribution < 1.29 is 14.3 Å². The first kappa shape index (κ1) is 11.4. The zero-order chi connectivity index (χ0) is 11.7. The Bertz CT molecular complexity index is 547. The molecule has 0 saturated heterocycles. The van der Waals surface area contributed by atoms with Crippen molar-refractivity contribution >= 4 is 40.3 Å². The lowest BCUT2D eigenvalue weighted by molar-refractivity contribution is 0.0660. The number of thioether (sulfide) groups is 1. The van der Waals surface area contributed by atoms with Crippen molar-refractivity contribution in [1.82, 2.24) is 0 Å². The topological polar surface area (TPSA) is 50.4 Å². The van der Waals surface area contributed by atoms with E-state index in [1.807, 2.05) is 6.92 Å². The van der Waals surface area contributed by atoms with Gasteiger partial charge in [-0.3, -0.25) is 0 Å². The molecule has 3 nitrogen and oxygen atoms in total. The molecule has 16 heavy (non-hydrogen) atoms. The highest BCUT2D eigenvalue weighted by Crippen LogP contribution is 2.35. The van der Waals surface area contributed by atoms with Gasteiger partial charge in [-0.05, 0) is 24.0 Å². The number of hydrogen-bond donors (Lipinski definition) is 1. The number of hydrogen-bond acceptors (Lipinski definition) is 3. The van der Waals surface area contributed by atoms with Crippen molar-refractivity contribution in [3.05, 3.63) is 29.0 Å². The summed E-state index contributed by atoms with van der Waals surface area (Å²) in [5, 5.41) is 10.4. The van der Waals surface area contributed by atoms with Crippen molar-refractivity contribution in [1.29, 1.82) is 0 Å².